The van der Waals surface area contributed by atoms with Gasteiger partial charge in [0, 0.05) is 0 Å². The molecule has 2 aliphatic rings. The van der Waals surface area contributed by atoms with E-state index in [0.717, 1.165) is 0 Å². The van der Waals surface area contributed by atoms with Crippen molar-refractivity contribution >= 4 is 4.21 Å². The zero-order valence-corrected chi connectivity index (χ0v) is 16.4. The molecule has 0 nitrogen and oxygen atoms in total. The van der Waals surface area contributed by atoms with Crippen LogP contribution in [0.1, 0.15) is 41.0 Å². The normalized spacial score (nSPS) is 21.4. The summed E-state index contributed by atoms with van der Waals surface area (Å²) in [7, 11) is 0. The second kappa shape index (κ2) is 7.34. The zero-order chi connectivity index (χ0) is 12.7. The molecule has 1 atom stereocenters. The predicted molar refractivity (Wildman–Crippen MR) is 73.8 cm³/mol. The molecule has 0 aromatic rings. The summed E-state index contributed by atoms with van der Waals surface area (Å²) in [6, 6.07) is 0. The van der Waals surface area contributed by atoms with E-state index in [4.69, 9.17) is 0 Å². The van der Waals surface area contributed by atoms with Crippen LogP contribution in [0.25, 0.3) is 0 Å². The fourth-order valence-corrected chi connectivity index (χ4v) is 9.58. The Morgan fingerprint density at radius 1 is 1.16 bits per heavy atom. The predicted octanol–water partition coefficient (Wildman–Crippen LogP) is -1.46. The molecule has 0 N–H and O–H groups in total. The van der Waals surface area contributed by atoms with Crippen LogP contribution in [0.15, 0.2) is 41.0 Å². The molecule has 104 valence electrons. The number of rotatable bonds is 2. The Morgan fingerprint density at radius 3 is 2.11 bits per heavy atom. The summed E-state index contributed by atoms with van der Waals surface area (Å²) in [5.74, 6) is 0.642. The molecule has 0 saturated carbocycles. The van der Waals surface area contributed by atoms with Gasteiger partial charge in [-0.15, -0.1) is 0 Å². The van der Waals surface area contributed by atoms with Crippen LogP contribution in [0.3, 0.4) is 0 Å². The first-order valence-electron chi connectivity index (χ1n) is 6.38. The van der Waals surface area contributed by atoms with E-state index in [1.165, 1.54) is 23.1 Å². The topological polar surface area (TPSA) is 0 Å². The van der Waals surface area contributed by atoms with Gasteiger partial charge in [0.1, 0.15) is 0 Å². The second-order valence-electron chi connectivity index (χ2n) is 5.48. The third kappa shape index (κ3) is 3.69. The van der Waals surface area contributed by atoms with Crippen LogP contribution in [-0.2, 0) is 21.3 Å². The largest absolute Gasteiger partial charge is 1.00 e. The Bertz CT molecular complexity index is 519. The maximum Gasteiger partial charge on any atom is -1.00 e. The van der Waals surface area contributed by atoms with Gasteiger partial charge in [0.2, 0.25) is 0 Å². The van der Waals surface area contributed by atoms with Crippen LogP contribution in [0, 0.1) is 5.92 Å². The number of hydrogen-bond acceptors (Lipinski definition) is 0. The first kappa shape index (κ1) is 19.3. The molecule has 2 rings (SSSR count). The molecule has 0 heterocycles. The minimum atomic E-state index is -1.78. The maximum atomic E-state index is 4.64. The monoisotopic (exact) mass is 374 g/mol. The van der Waals surface area contributed by atoms with Crippen molar-refractivity contribution in [2.45, 2.75) is 41.0 Å². The summed E-state index contributed by atoms with van der Waals surface area (Å²) >= 11 is -1.78. The molecule has 0 amide bonds. The van der Waals surface area contributed by atoms with Crippen molar-refractivity contribution in [3.05, 3.63) is 41.0 Å². The van der Waals surface area contributed by atoms with Gasteiger partial charge in [0.15, 0.2) is 0 Å². The third-order valence-corrected chi connectivity index (χ3v) is 10.9. The first-order valence-corrected chi connectivity index (χ1v) is 10.6. The van der Waals surface area contributed by atoms with E-state index in [9.17, 15) is 0 Å². The molecule has 0 saturated heterocycles. The molecular weight excluding hydrogens is 354 g/mol. The van der Waals surface area contributed by atoms with Crippen molar-refractivity contribution < 1.29 is 46.1 Å². The molecule has 0 aromatic carbocycles. The van der Waals surface area contributed by atoms with Crippen molar-refractivity contribution in [1.82, 2.24) is 0 Å². The van der Waals surface area contributed by atoms with Crippen LogP contribution < -0.4 is 24.8 Å². The first-order chi connectivity index (χ1) is 7.91. The smallest absolute Gasteiger partial charge is 1.00 e. The van der Waals surface area contributed by atoms with Crippen LogP contribution in [0.5, 0.6) is 0 Å². The third-order valence-electron chi connectivity index (χ3n) is 4.03. The van der Waals surface area contributed by atoms with E-state index in [1.54, 1.807) is 12.1 Å². The molecule has 0 aliphatic heterocycles. The molecule has 2 aliphatic carbocycles. The molecule has 0 radical (unpaired) electrons. The second-order valence-corrected chi connectivity index (χ2v) is 10.6. The van der Waals surface area contributed by atoms with Crippen molar-refractivity contribution in [3.63, 3.8) is 0 Å². The quantitative estimate of drug-likeness (QED) is 0.553. The minimum absolute atomic E-state index is 0. The number of allylic oxidation sites excluding steroid dienone is 8. The molecular formula is C16H22Cl2Zr. The summed E-state index contributed by atoms with van der Waals surface area (Å²) in [6.07, 6.45) is 5.98. The van der Waals surface area contributed by atoms with Gasteiger partial charge in [0.25, 0.3) is 0 Å². The van der Waals surface area contributed by atoms with Gasteiger partial charge >= 0.3 is 113 Å². The van der Waals surface area contributed by atoms with Crippen molar-refractivity contribution in [3.8, 4) is 0 Å². The van der Waals surface area contributed by atoms with Gasteiger partial charge in [-0.1, -0.05) is 0 Å². The minimum Gasteiger partial charge on any atom is -1.00 e. The fourth-order valence-electron chi connectivity index (χ4n) is 3.07. The molecule has 3 heteroatoms. The van der Waals surface area contributed by atoms with Crippen LogP contribution in [-0.4, -0.2) is 4.21 Å². The van der Waals surface area contributed by atoms with Gasteiger partial charge in [-0.25, -0.2) is 0 Å². The zero-order valence-electron chi connectivity index (χ0n) is 12.4. The van der Waals surface area contributed by atoms with Crippen molar-refractivity contribution in [2.24, 2.45) is 5.92 Å². The van der Waals surface area contributed by atoms with Crippen molar-refractivity contribution in [1.29, 1.82) is 0 Å². The van der Waals surface area contributed by atoms with E-state index in [0.29, 0.717) is 5.92 Å². The summed E-state index contributed by atoms with van der Waals surface area (Å²) in [4.78, 5) is 0. The van der Waals surface area contributed by atoms with Crippen LogP contribution in [0.4, 0.5) is 0 Å². The van der Waals surface area contributed by atoms with Crippen molar-refractivity contribution in [2.75, 3.05) is 0 Å². The number of halogens is 2. The Balaban J connectivity index is 0.00000162. The van der Waals surface area contributed by atoms with Crippen LogP contribution >= 0.6 is 0 Å². The van der Waals surface area contributed by atoms with Gasteiger partial charge in [-0.2, -0.15) is 0 Å². The average Bonchev–Trinajstić information content (AvgIpc) is 2.68. The average molecular weight is 376 g/mol. The van der Waals surface area contributed by atoms with Gasteiger partial charge < -0.3 is 24.8 Å². The van der Waals surface area contributed by atoms with Gasteiger partial charge in [0.05, 0.1) is 0 Å². The molecule has 1 unspecified atom stereocenters. The summed E-state index contributed by atoms with van der Waals surface area (Å²) in [5.41, 5.74) is 6.07. The summed E-state index contributed by atoms with van der Waals surface area (Å²) in [6.45, 7) is 11.4. The van der Waals surface area contributed by atoms with E-state index in [1.807, 2.05) is 0 Å². The molecule has 0 aromatic heterocycles. The Morgan fingerprint density at radius 2 is 1.74 bits per heavy atom. The SMILES string of the molecule is [CH2]=[Zr+2]([C]1=C(C)C=C(C)C1)[C]1=C(C)C(C)=CC1C.[Cl-].[Cl-]. The van der Waals surface area contributed by atoms with E-state index in [-0.39, 0.29) is 24.8 Å². The van der Waals surface area contributed by atoms with E-state index < -0.39 is 21.3 Å². The Labute approximate surface area is 137 Å². The Hall–Kier alpha value is 0.293. The van der Waals surface area contributed by atoms with Crippen LogP contribution in [0.2, 0.25) is 0 Å². The molecule has 0 bridgehead atoms. The Kier molecular flexibility index (Phi) is 7.46. The maximum absolute atomic E-state index is 4.64. The van der Waals surface area contributed by atoms with Gasteiger partial charge in [-0.3, -0.25) is 0 Å². The summed E-state index contributed by atoms with van der Waals surface area (Å²) < 4.78 is 8.08. The van der Waals surface area contributed by atoms with E-state index >= 15 is 0 Å². The fraction of sp³-hybridized carbons (Fsp3) is 0.438. The molecule has 0 spiro atoms. The number of hydrogen-bond donors (Lipinski definition) is 0. The van der Waals surface area contributed by atoms with Gasteiger partial charge in [-0.05, 0) is 0 Å². The standard InChI is InChI=1S/C8H11.C7H9.CH2.2ClH.Zr/c1-6-4-7(2)8(3)5-6;1-6-3-4-7(2)5-6;;;;/h4,6H,1-3H3;5H,3H2,1-2H3;1H2;2*1H;/q;;;;;+2/p-2. The molecule has 19 heavy (non-hydrogen) atoms. The van der Waals surface area contributed by atoms with E-state index in [2.05, 4.69) is 51.0 Å². The summed E-state index contributed by atoms with van der Waals surface area (Å²) in [5, 5.41) is 0. The molecule has 0 fully saturated rings.